The van der Waals surface area contributed by atoms with E-state index >= 15 is 0 Å². The van der Waals surface area contributed by atoms with E-state index in [-0.39, 0.29) is 13.0 Å². The van der Waals surface area contributed by atoms with Gasteiger partial charge in [-0.15, -0.1) is 12.6 Å². The van der Waals surface area contributed by atoms with Crippen LogP contribution in [0.15, 0.2) is 17.7 Å². The number of aromatic nitrogens is 4. The number of aryl methyl sites for hydroxylation is 1. The Kier molecular flexibility index (Phi) is 8.56. The molecule has 0 aliphatic rings. The standard InChI is InChI=1S/C16H27N4O7PS/c1-4-11(27-28(24,25)10(2)22)5-6-26-16(12(23)7-21)20-9-19(3)13-14(20)17-8-18-15(13)29/h8-12,16,21-23H,4-7H2,1-3H3,(H-,17,18,24,25,29)/p+1/t10?,11?,12-,16-/m1/s1. The van der Waals surface area contributed by atoms with E-state index in [1.54, 1.807) is 29.4 Å². The maximum atomic E-state index is 11.9. The lowest BCUT2D eigenvalue weighted by Gasteiger charge is -2.23. The molecular weight excluding hydrogens is 423 g/mol. The molecule has 2 aromatic heterocycles. The molecule has 0 aliphatic carbocycles. The van der Waals surface area contributed by atoms with Gasteiger partial charge in [0.2, 0.25) is 18.1 Å². The van der Waals surface area contributed by atoms with Crippen LogP contribution in [0.25, 0.3) is 11.2 Å². The number of nitrogens with zero attached hydrogens (tertiary/aromatic N) is 4. The highest BCUT2D eigenvalue weighted by Gasteiger charge is 2.33. The molecule has 5 atom stereocenters. The Hall–Kier alpha value is -1.11. The van der Waals surface area contributed by atoms with Gasteiger partial charge in [-0.1, -0.05) is 6.92 Å². The molecule has 0 saturated heterocycles. The van der Waals surface area contributed by atoms with Crippen molar-refractivity contribution in [2.24, 2.45) is 7.05 Å². The quantitative estimate of drug-likeness (QED) is 0.139. The molecule has 4 N–H and O–H groups in total. The molecule has 0 aliphatic heterocycles. The number of rotatable bonds is 11. The average Bonchev–Trinajstić information content (AvgIpc) is 3.01. The van der Waals surface area contributed by atoms with Crippen molar-refractivity contribution in [1.82, 2.24) is 14.5 Å². The second kappa shape index (κ2) is 10.3. The second-order valence-electron chi connectivity index (χ2n) is 6.63. The van der Waals surface area contributed by atoms with E-state index in [1.165, 1.54) is 13.3 Å². The Morgan fingerprint density at radius 3 is 2.66 bits per heavy atom. The number of hydrogen-bond donors (Lipinski definition) is 5. The number of ether oxygens (including phenoxy) is 1. The van der Waals surface area contributed by atoms with Gasteiger partial charge in [0.25, 0.3) is 5.65 Å². The second-order valence-corrected chi connectivity index (χ2v) is 9.14. The summed E-state index contributed by atoms with van der Waals surface area (Å²) in [6, 6.07) is 0. The van der Waals surface area contributed by atoms with Gasteiger partial charge in [0.05, 0.1) is 26.4 Å². The third kappa shape index (κ3) is 5.74. The minimum atomic E-state index is -4.14. The molecule has 0 saturated carbocycles. The normalized spacial score (nSPS) is 18.3. The zero-order chi connectivity index (χ0) is 21.8. The highest BCUT2D eigenvalue weighted by atomic mass is 32.1. The fourth-order valence-electron chi connectivity index (χ4n) is 2.77. The minimum Gasteiger partial charge on any atom is -0.393 e. The molecule has 0 spiro atoms. The molecule has 164 valence electrons. The van der Waals surface area contributed by atoms with Gasteiger partial charge in [0.15, 0.2) is 5.85 Å². The van der Waals surface area contributed by atoms with Crippen LogP contribution in [0.4, 0.5) is 0 Å². The molecular formula is C16H28N4O7PS+. The topological polar surface area (TPSA) is 151 Å². The Morgan fingerprint density at radius 1 is 1.38 bits per heavy atom. The van der Waals surface area contributed by atoms with Crippen molar-refractivity contribution in [1.29, 1.82) is 0 Å². The van der Waals surface area contributed by atoms with Gasteiger partial charge in [-0.2, -0.15) is 9.55 Å². The van der Waals surface area contributed by atoms with Crippen molar-refractivity contribution < 1.29 is 38.6 Å². The van der Waals surface area contributed by atoms with Crippen molar-refractivity contribution >= 4 is 31.4 Å². The monoisotopic (exact) mass is 451 g/mol. The maximum absolute atomic E-state index is 11.9. The van der Waals surface area contributed by atoms with E-state index in [2.05, 4.69) is 22.6 Å². The number of thiol groups is 1. The van der Waals surface area contributed by atoms with Crippen LogP contribution in [-0.2, 0) is 20.9 Å². The lowest BCUT2D eigenvalue weighted by molar-refractivity contribution is -0.647. The first-order valence-corrected chi connectivity index (χ1v) is 11.2. The number of fused-ring (bicyclic) bond motifs is 1. The molecule has 13 heteroatoms. The summed E-state index contributed by atoms with van der Waals surface area (Å²) in [7, 11) is -2.38. The third-order valence-corrected chi connectivity index (χ3v) is 6.30. The zero-order valence-corrected chi connectivity index (χ0v) is 18.3. The van der Waals surface area contributed by atoms with E-state index < -0.39 is 38.5 Å². The summed E-state index contributed by atoms with van der Waals surface area (Å²) in [5.41, 5.74) is 1.09. The first kappa shape index (κ1) is 24.2. The molecule has 11 nitrogen and oxygen atoms in total. The minimum absolute atomic E-state index is 0.0578. The summed E-state index contributed by atoms with van der Waals surface area (Å²) in [6.45, 7) is 2.47. The molecule has 0 radical (unpaired) electrons. The van der Waals surface area contributed by atoms with Crippen molar-refractivity contribution in [3.05, 3.63) is 12.7 Å². The Labute approximate surface area is 173 Å². The Bertz CT molecular complexity index is 865. The highest BCUT2D eigenvalue weighted by molar-refractivity contribution is 7.80. The van der Waals surface area contributed by atoms with Crippen molar-refractivity contribution in [2.75, 3.05) is 13.2 Å². The predicted molar refractivity (Wildman–Crippen MR) is 105 cm³/mol. The Balaban J connectivity index is 2.17. The molecule has 0 fully saturated rings. The summed E-state index contributed by atoms with van der Waals surface area (Å²) in [6.07, 6.45) is 0.793. The summed E-state index contributed by atoms with van der Waals surface area (Å²) in [5, 5.41) is 29.5. The van der Waals surface area contributed by atoms with Crippen LogP contribution >= 0.6 is 20.2 Å². The first-order valence-electron chi connectivity index (χ1n) is 9.11. The van der Waals surface area contributed by atoms with Crippen LogP contribution in [0.3, 0.4) is 0 Å². The predicted octanol–water partition coefficient (Wildman–Crippen LogP) is 0.122. The van der Waals surface area contributed by atoms with Crippen LogP contribution in [0, 0.1) is 0 Å². The van der Waals surface area contributed by atoms with Crippen LogP contribution in [-0.4, -0.2) is 66.0 Å². The largest absolute Gasteiger partial charge is 0.393 e. The number of hydrogen-bond acceptors (Lipinski definition) is 9. The van der Waals surface area contributed by atoms with E-state index in [1.807, 2.05) is 0 Å². The molecule has 3 unspecified atom stereocenters. The van der Waals surface area contributed by atoms with Crippen molar-refractivity contribution in [3.8, 4) is 0 Å². The smallest absolute Gasteiger partial charge is 0.356 e. The SMILES string of the molecule is CCC(CCO[C@H]([C@H](O)CO)n1c[n+](C)c2c(S)ncnc21)OP(=O)(O)C(C)O. The number of aliphatic hydroxyl groups excluding tert-OH is 3. The van der Waals surface area contributed by atoms with E-state index in [9.17, 15) is 24.8 Å². The van der Waals surface area contributed by atoms with Crippen LogP contribution in [0.2, 0.25) is 0 Å². The lowest BCUT2D eigenvalue weighted by atomic mass is 10.2. The molecule has 2 rings (SSSR count). The molecule has 29 heavy (non-hydrogen) atoms. The summed E-state index contributed by atoms with van der Waals surface area (Å²) >= 11 is 4.32. The van der Waals surface area contributed by atoms with Gasteiger partial charge in [-0.3, -0.25) is 4.57 Å². The van der Waals surface area contributed by atoms with Gasteiger partial charge in [0, 0.05) is 0 Å². The van der Waals surface area contributed by atoms with Crippen molar-refractivity contribution in [2.45, 2.75) is 56.0 Å². The third-order valence-electron chi connectivity index (χ3n) is 4.43. The van der Waals surface area contributed by atoms with Crippen LogP contribution in [0.1, 0.15) is 32.9 Å². The van der Waals surface area contributed by atoms with E-state index in [0.717, 1.165) is 0 Å². The fourth-order valence-corrected chi connectivity index (χ4v) is 3.94. The highest BCUT2D eigenvalue weighted by Crippen LogP contribution is 2.48. The summed E-state index contributed by atoms with van der Waals surface area (Å²) < 4.78 is 26.1. The zero-order valence-electron chi connectivity index (χ0n) is 16.5. The molecule has 2 heterocycles. The number of imidazole rings is 1. The number of aliphatic hydroxyl groups is 3. The summed E-state index contributed by atoms with van der Waals surface area (Å²) in [4.78, 5) is 17.9. The fraction of sp³-hybridized carbons (Fsp3) is 0.688. The lowest BCUT2D eigenvalue weighted by Crippen LogP contribution is -2.32. The first-order chi connectivity index (χ1) is 13.6. The Morgan fingerprint density at radius 2 is 2.07 bits per heavy atom. The van der Waals surface area contributed by atoms with Gasteiger partial charge < -0.3 is 29.5 Å². The van der Waals surface area contributed by atoms with E-state index in [0.29, 0.717) is 22.6 Å². The maximum Gasteiger partial charge on any atom is 0.356 e. The van der Waals surface area contributed by atoms with Crippen LogP contribution in [0.5, 0.6) is 0 Å². The van der Waals surface area contributed by atoms with Crippen molar-refractivity contribution in [3.63, 3.8) is 0 Å². The molecule has 0 amide bonds. The van der Waals surface area contributed by atoms with Crippen LogP contribution < -0.4 is 4.57 Å². The molecule has 2 aromatic rings. The molecule has 0 aromatic carbocycles. The average molecular weight is 451 g/mol. The van der Waals surface area contributed by atoms with Gasteiger partial charge in [0.1, 0.15) is 17.5 Å². The summed E-state index contributed by atoms with van der Waals surface area (Å²) in [5.74, 6) is -1.50. The van der Waals surface area contributed by atoms with Gasteiger partial charge in [-0.05, 0) is 19.8 Å². The molecule has 0 bridgehead atoms. The van der Waals surface area contributed by atoms with E-state index in [4.69, 9.17) is 9.26 Å². The van der Waals surface area contributed by atoms with Gasteiger partial charge >= 0.3 is 7.60 Å². The van der Waals surface area contributed by atoms with Gasteiger partial charge in [-0.25, -0.2) is 9.55 Å².